The van der Waals surface area contributed by atoms with E-state index in [1.807, 2.05) is 0 Å². The zero-order chi connectivity index (χ0) is 3.58. The number of hydrogen-bond donors (Lipinski definition) is 2. The quantitative estimate of drug-likeness (QED) is 0.446. The van der Waals surface area contributed by atoms with Crippen LogP contribution >= 0.6 is 0 Å². The van der Waals surface area contributed by atoms with Gasteiger partial charge in [-0.25, -0.2) is 4.79 Å². The molecule has 0 spiro atoms. The minimum absolute atomic E-state index is 0. The van der Waals surface area contributed by atoms with Crippen LogP contribution in [0.2, 0.25) is 0 Å². The third-order valence-corrected chi connectivity index (χ3v) is 0. The van der Waals surface area contributed by atoms with Crippen molar-refractivity contribution in [3.05, 3.63) is 0 Å². The molecule has 0 aromatic rings. The van der Waals surface area contributed by atoms with Gasteiger partial charge in [-0.15, -0.1) is 0 Å². The van der Waals surface area contributed by atoms with Gasteiger partial charge in [0.25, 0.3) is 0 Å². The predicted molar refractivity (Wildman–Crippen MR) is 36.4 cm³/mol. The van der Waals surface area contributed by atoms with Crippen molar-refractivity contribution in [2.75, 3.05) is 0 Å². The van der Waals surface area contributed by atoms with E-state index in [0.29, 0.717) is 0 Å². The molecule has 0 saturated carbocycles. The summed E-state index contributed by atoms with van der Waals surface area (Å²) in [6.07, 6.45) is -1.83. The number of carbonyl (C=O) groups is 1. The van der Waals surface area contributed by atoms with E-state index in [2.05, 4.69) is 0 Å². The summed E-state index contributed by atoms with van der Waals surface area (Å²) in [5, 5.41) is 13.9. The number of hydrogen-bond acceptors (Lipinski definition) is 1. The molecule has 7 heteroatoms. The normalized spacial score (nSPS) is 3.00. The zero-order valence-electron chi connectivity index (χ0n) is 3.51. The van der Waals surface area contributed by atoms with Crippen LogP contribution in [0, 0.1) is 0 Å². The Morgan fingerprint density at radius 3 is 1.12 bits per heavy atom. The number of rotatable bonds is 0. The first-order valence-corrected chi connectivity index (χ1v) is 0.651. The summed E-state index contributed by atoms with van der Waals surface area (Å²) in [6, 6.07) is 0. The van der Waals surface area contributed by atoms with Gasteiger partial charge in [0.05, 0.1) is 0 Å². The molecule has 8 heavy (non-hydrogen) atoms. The molecule has 0 aliphatic rings. The first kappa shape index (κ1) is 38.0. The van der Waals surface area contributed by atoms with E-state index in [1.54, 1.807) is 0 Å². The van der Waals surface area contributed by atoms with E-state index in [0.717, 1.165) is 0 Å². The van der Waals surface area contributed by atoms with Gasteiger partial charge < -0.3 is 21.2 Å². The molecule has 0 aliphatic carbocycles. The van der Waals surface area contributed by atoms with Crippen LogP contribution in [0.15, 0.2) is 0 Å². The molecule has 0 fully saturated rings. The topological polar surface area (TPSA) is 121 Å². The molecule has 2 radical (unpaired) electrons. The molecule has 52 valence electrons. The SMILES string of the molecule is O.O.O=C(O)O.[AlH3].[PbH2]. The van der Waals surface area contributed by atoms with E-state index in [1.165, 1.54) is 0 Å². The molecular weight excluding hydrogens is 326 g/mol. The Hall–Kier alpha value is 0.645. The molecule has 0 aliphatic heterocycles. The molecule has 0 rings (SSSR count). The van der Waals surface area contributed by atoms with Crippen molar-refractivity contribution in [3.63, 3.8) is 0 Å². The van der Waals surface area contributed by atoms with Gasteiger partial charge >= 0.3 is 33.5 Å². The Morgan fingerprint density at radius 1 is 1.12 bits per heavy atom. The monoisotopic (exact) mass is 338 g/mol. The summed E-state index contributed by atoms with van der Waals surface area (Å²) in [5.74, 6) is 0. The fourth-order valence-electron chi connectivity index (χ4n) is 0. The van der Waals surface area contributed by atoms with Crippen LogP contribution in [0.25, 0.3) is 0 Å². The van der Waals surface area contributed by atoms with Crippen molar-refractivity contribution >= 4 is 50.8 Å². The Kier molecular flexibility index (Phi) is 121. The van der Waals surface area contributed by atoms with Crippen molar-refractivity contribution in [1.29, 1.82) is 0 Å². The van der Waals surface area contributed by atoms with Gasteiger partial charge in [0.2, 0.25) is 0 Å². The van der Waals surface area contributed by atoms with Crippen molar-refractivity contribution in [1.82, 2.24) is 0 Å². The molecule has 5 nitrogen and oxygen atoms in total. The van der Waals surface area contributed by atoms with Gasteiger partial charge in [0.1, 0.15) is 0 Å². The Balaban J connectivity index is -0.00000000750. The van der Waals surface area contributed by atoms with Crippen molar-refractivity contribution in [2.24, 2.45) is 0 Å². The average Bonchev–Trinajstić information content (AvgIpc) is 0.811. The summed E-state index contributed by atoms with van der Waals surface area (Å²) < 4.78 is 0. The second kappa shape index (κ2) is 25.4. The summed E-state index contributed by atoms with van der Waals surface area (Å²) >= 11 is 0. The molecule has 0 heterocycles. The summed E-state index contributed by atoms with van der Waals surface area (Å²) in [6.45, 7) is 0. The van der Waals surface area contributed by atoms with E-state index in [4.69, 9.17) is 15.0 Å². The first-order valence-electron chi connectivity index (χ1n) is 0.651. The van der Waals surface area contributed by atoms with Crippen LogP contribution < -0.4 is 0 Å². The standard InChI is InChI=1S/CH2O3.Al.2H2O.Pb.5H/c2-1(3)4;;;;;;;;;/h(H2,2,3,4);;2*1H2;;;;;;. The van der Waals surface area contributed by atoms with E-state index in [-0.39, 0.29) is 55.6 Å². The van der Waals surface area contributed by atoms with Crippen LogP contribution in [-0.4, -0.2) is 72.0 Å². The Bertz CT molecular complexity index is 35.4. The molecule has 6 N–H and O–H groups in total. The molecule has 0 saturated heterocycles. The van der Waals surface area contributed by atoms with Gasteiger partial charge in [0, 0.05) is 0 Å². The second-order valence-electron chi connectivity index (χ2n) is 0.283. The molecule has 0 amide bonds. The van der Waals surface area contributed by atoms with Crippen LogP contribution in [0.3, 0.4) is 0 Å². The molecule has 0 bridgehead atoms. The van der Waals surface area contributed by atoms with Crippen LogP contribution in [0.1, 0.15) is 0 Å². The second-order valence-corrected chi connectivity index (χ2v) is 0.283. The van der Waals surface area contributed by atoms with Crippen molar-refractivity contribution in [3.8, 4) is 0 Å². The van der Waals surface area contributed by atoms with E-state index >= 15 is 0 Å². The fraction of sp³-hybridized carbons (Fsp3) is 0. The molecule has 0 atom stereocenters. The maximum absolute atomic E-state index is 8.56. The van der Waals surface area contributed by atoms with Crippen LogP contribution in [0.5, 0.6) is 0 Å². The summed E-state index contributed by atoms with van der Waals surface area (Å²) in [4.78, 5) is 8.56. The molecule has 0 aromatic carbocycles. The third-order valence-electron chi connectivity index (χ3n) is 0. The van der Waals surface area contributed by atoms with Crippen molar-refractivity contribution < 1.29 is 26.0 Å². The van der Waals surface area contributed by atoms with Gasteiger partial charge in [-0.1, -0.05) is 0 Å². The van der Waals surface area contributed by atoms with E-state index in [9.17, 15) is 0 Å². The molecule has 0 unspecified atom stereocenters. The van der Waals surface area contributed by atoms with E-state index < -0.39 is 6.16 Å². The Morgan fingerprint density at radius 2 is 1.12 bits per heavy atom. The zero-order valence-corrected chi connectivity index (χ0v) is 9.01. The van der Waals surface area contributed by atoms with Gasteiger partial charge in [-0.2, -0.15) is 0 Å². The summed E-state index contributed by atoms with van der Waals surface area (Å²) in [5.41, 5.74) is 0. The third kappa shape index (κ3) is 510. The van der Waals surface area contributed by atoms with Crippen molar-refractivity contribution in [2.45, 2.75) is 0 Å². The Labute approximate surface area is 76.6 Å². The van der Waals surface area contributed by atoms with Gasteiger partial charge in [0.15, 0.2) is 17.4 Å². The average molecular weight is 337 g/mol. The van der Waals surface area contributed by atoms with Gasteiger partial charge in [-0.3, -0.25) is 0 Å². The van der Waals surface area contributed by atoms with Gasteiger partial charge in [-0.05, 0) is 0 Å². The molecular formula is CH11AlO5Pb. The minimum atomic E-state index is -1.83. The van der Waals surface area contributed by atoms with Crippen LogP contribution in [0.4, 0.5) is 4.79 Å². The molecule has 0 aromatic heterocycles. The number of carboxylic acid groups (broad SMARTS) is 2. The summed E-state index contributed by atoms with van der Waals surface area (Å²) in [7, 11) is 0. The first-order chi connectivity index (χ1) is 1.73. The fourth-order valence-corrected chi connectivity index (χ4v) is 0. The predicted octanol–water partition coefficient (Wildman–Crippen LogP) is -3.53. The van der Waals surface area contributed by atoms with Crippen LogP contribution in [-0.2, 0) is 0 Å². The maximum atomic E-state index is 8.56.